The number of rotatable bonds is 17. The van der Waals surface area contributed by atoms with Crippen molar-refractivity contribution >= 4 is 17.7 Å². The van der Waals surface area contributed by atoms with Crippen LogP contribution < -0.4 is 0 Å². The number of carbonyl (C=O) groups is 3. The van der Waals surface area contributed by atoms with Crippen LogP contribution in [0.1, 0.15) is 97.3 Å². The Morgan fingerprint density at radius 1 is 0.852 bits per heavy atom. The molecule has 0 saturated heterocycles. The van der Waals surface area contributed by atoms with Crippen molar-refractivity contribution in [2.24, 2.45) is 0 Å². The van der Waals surface area contributed by atoms with Gasteiger partial charge in [0.15, 0.2) is 0 Å². The van der Waals surface area contributed by atoms with Crippen molar-refractivity contribution in [3.63, 3.8) is 0 Å². The Labute approximate surface area is 164 Å². The molecule has 0 bridgehead atoms. The van der Waals surface area contributed by atoms with Crippen LogP contribution in [-0.4, -0.2) is 30.4 Å². The summed E-state index contributed by atoms with van der Waals surface area (Å²) in [6, 6.07) is 0. The highest BCUT2D eigenvalue weighted by atomic mass is 16.6. The molecule has 1 atom stereocenters. The largest absolute Gasteiger partial charge is 0.469 e. The molecular formula is C22H38O5. The maximum absolute atomic E-state index is 11.7. The molecule has 0 aliphatic rings. The van der Waals surface area contributed by atoms with Crippen LogP contribution in [0.25, 0.3) is 0 Å². The average molecular weight is 383 g/mol. The molecule has 0 saturated carbocycles. The number of Topliss-reactive ketones (excluding diaryl/α,β-unsaturated/α-hetero) is 1. The van der Waals surface area contributed by atoms with Gasteiger partial charge in [-0.2, -0.15) is 0 Å². The molecule has 27 heavy (non-hydrogen) atoms. The van der Waals surface area contributed by atoms with Crippen molar-refractivity contribution in [2.75, 3.05) is 7.11 Å². The molecule has 0 N–H and O–H groups in total. The quantitative estimate of drug-likeness (QED) is 0.148. The molecule has 0 aliphatic carbocycles. The third-order valence-corrected chi connectivity index (χ3v) is 4.70. The van der Waals surface area contributed by atoms with Crippen molar-refractivity contribution < 1.29 is 23.9 Å². The van der Waals surface area contributed by atoms with E-state index < -0.39 is 11.6 Å². The second kappa shape index (κ2) is 15.4. The van der Waals surface area contributed by atoms with Crippen LogP contribution in [0, 0.1) is 0 Å². The highest BCUT2D eigenvalue weighted by Gasteiger charge is 2.25. The minimum atomic E-state index is -0.684. The smallest absolute Gasteiger partial charge is 0.314 e. The zero-order valence-electron chi connectivity index (χ0n) is 17.5. The summed E-state index contributed by atoms with van der Waals surface area (Å²) < 4.78 is 10.0. The fourth-order valence-corrected chi connectivity index (χ4v) is 2.96. The van der Waals surface area contributed by atoms with E-state index in [9.17, 15) is 14.4 Å². The van der Waals surface area contributed by atoms with Crippen molar-refractivity contribution in [3.05, 3.63) is 12.7 Å². The molecule has 0 aliphatic heterocycles. The highest BCUT2D eigenvalue weighted by Crippen LogP contribution is 2.22. The van der Waals surface area contributed by atoms with Crippen LogP contribution >= 0.6 is 0 Å². The van der Waals surface area contributed by atoms with Gasteiger partial charge in [0.2, 0.25) is 0 Å². The van der Waals surface area contributed by atoms with Crippen molar-refractivity contribution in [1.29, 1.82) is 0 Å². The summed E-state index contributed by atoms with van der Waals surface area (Å²) in [4.78, 5) is 33.6. The normalized spacial score (nSPS) is 12.9. The SMILES string of the molecule is C=CC(C)(CCCCCCCCCCCCC(=O)OC)OC(=O)CC(C)=O. The van der Waals surface area contributed by atoms with Crippen LogP contribution in [0.2, 0.25) is 0 Å². The molecular weight excluding hydrogens is 344 g/mol. The zero-order valence-corrected chi connectivity index (χ0v) is 17.5. The summed E-state index contributed by atoms with van der Waals surface area (Å²) in [5.41, 5.74) is -0.684. The third kappa shape index (κ3) is 15.1. The lowest BCUT2D eigenvalue weighted by Crippen LogP contribution is -2.30. The molecule has 0 fully saturated rings. The van der Waals surface area contributed by atoms with E-state index in [0.29, 0.717) is 6.42 Å². The van der Waals surface area contributed by atoms with Gasteiger partial charge in [-0.05, 0) is 39.2 Å². The highest BCUT2D eigenvalue weighted by molar-refractivity contribution is 5.94. The van der Waals surface area contributed by atoms with E-state index in [-0.39, 0.29) is 18.2 Å². The first-order valence-electron chi connectivity index (χ1n) is 10.2. The predicted molar refractivity (Wildman–Crippen MR) is 107 cm³/mol. The number of hydrogen-bond donors (Lipinski definition) is 0. The van der Waals surface area contributed by atoms with Gasteiger partial charge >= 0.3 is 11.9 Å². The molecule has 5 heteroatoms. The lowest BCUT2D eigenvalue weighted by Gasteiger charge is -2.26. The summed E-state index contributed by atoms with van der Waals surface area (Å²) in [6.07, 6.45) is 14.1. The van der Waals surface area contributed by atoms with Crippen LogP contribution in [0.5, 0.6) is 0 Å². The van der Waals surface area contributed by atoms with Gasteiger partial charge in [-0.3, -0.25) is 14.4 Å². The Balaban J connectivity index is 3.61. The van der Waals surface area contributed by atoms with Crippen LogP contribution in [0.15, 0.2) is 12.7 Å². The van der Waals surface area contributed by atoms with Crippen molar-refractivity contribution in [2.45, 2.75) is 103 Å². The summed E-state index contributed by atoms with van der Waals surface area (Å²) in [5, 5.41) is 0. The van der Waals surface area contributed by atoms with E-state index in [1.54, 1.807) is 6.08 Å². The molecule has 0 rings (SSSR count). The molecule has 0 spiro atoms. The lowest BCUT2D eigenvalue weighted by molar-refractivity contribution is -0.155. The van der Waals surface area contributed by atoms with E-state index >= 15 is 0 Å². The Bertz CT molecular complexity index is 458. The fraction of sp³-hybridized carbons (Fsp3) is 0.773. The minimum Gasteiger partial charge on any atom is -0.469 e. The van der Waals surface area contributed by atoms with Gasteiger partial charge < -0.3 is 9.47 Å². The number of ketones is 1. The molecule has 156 valence electrons. The first kappa shape index (κ1) is 25.4. The van der Waals surface area contributed by atoms with Gasteiger partial charge in [0.05, 0.1) is 7.11 Å². The van der Waals surface area contributed by atoms with E-state index in [1.807, 2.05) is 6.92 Å². The molecule has 0 aromatic rings. The fourth-order valence-electron chi connectivity index (χ4n) is 2.96. The monoisotopic (exact) mass is 382 g/mol. The van der Waals surface area contributed by atoms with Gasteiger partial charge in [-0.25, -0.2) is 0 Å². The number of hydrogen-bond acceptors (Lipinski definition) is 5. The molecule has 0 heterocycles. The van der Waals surface area contributed by atoms with Crippen LogP contribution in [0.3, 0.4) is 0 Å². The molecule has 0 aromatic carbocycles. The van der Waals surface area contributed by atoms with Crippen LogP contribution in [-0.2, 0) is 23.9 Å². The molecule has 0 amide bonds. The number of methoxy groups -OCH3 is 1. The maximum Gasteiger partial charge on any atom is 0.314 e. The molecule has 0 radical (unpaired) electrons. The number of esters is 2. The molecule has 1 unspecified atom stereocenters. The Morgan fingerprint density at radius 3 is 1.78 bits per heavy atom. The third-order valence-electron chi connectivity index (χ3n) is 4.70. The standard InChI is InChI=1S/C22H38O5/c1-5-22(3,27-21(25)18-19(2)23)17-15-13-11-9-7-6-8-10-12-14-16-20(24)26-4/h5H,1,6-18H2,2-4H3. The number of unbranched alkanes of at least 4 members (excludes halogenated alkanes) is 9. The van der Waals surface area contributed by atoms with Crippen LogP contribution in [0.4, 0.5) is 0 Å². The summed E-state index contributed by atoms with van der Waals surface area (Å²) in [6.45, 7) is 6.99. The predicted octanol–water partition coefficient (Wildman–Crippen LogP) is 5.31. The van der Waals surface area contributed by atoms with Gasteiger partial charge in [0.1, 0.15) is 17.8 Å². The molecule has 0 aromatic heterocycles. The second-order valence-electron chi connectivity index (χ2n) is 7.48. The minimum absolute atomic E-state index is 0.115. The maximum atomic E-state index is 11.7. The van der Waals surface area contributed by atoms with Gasteiger partial charge in [0, 0.05) is 6.42 Å². The summed E-state index contributed by atoms with van der Waals surface area (Å²) in [7, 11) is 1.43. The van der Waals surface area contributed by atoms with Gasteiger partial charge in [-0.15, -0.1) is 0 Å². The zero-order chi connectivity index (χ0) is 20.5. The summed E-state index contributed by atoms with van der Waals surface area (Å²) in [5.74, 6) is -0.775. The van der Waals surface area contributed by atoms with Gasteiger partial charge in [0.25, 0.3) is 0 Å². The van der Waals surface area contributed by atoms with E-state index in [4.69, 9.17) is 4.74 Å². The Hall–Kier alpha value is -1.65. The van der Waals surface area contributed by atoms with Crippen molar-refractivity contribution in [1.82, 2.24) is 0 Å². The van der Waals surface area contributed by atoms with E-state index in [0.717, 1.165) is 32.1 Å². The van der Waals surface area contributed by atoms with E-state index in [1.165, 1.54) is 52.6 Å². The first-order chi connectivity index (χ1) is 12.8. The van der Waals surface area contributed by atoms with Gasteiger partial charge in [-0.1, -0.05) is 57.9 Å². The summed E-state index contributed by atoms with van der Waals surface area (Å²) >= 11 is 0. The Morgan fingerprint density at radius 2 is 1.33 bits per heavy atom. The number of carbonyl (C=O) groups excluding carboxylic acids is 3. The second-order valence-corrected chi connectivity index (χ2v) is 7.48. The Kier molecular flexibility index (Phi) is 14.5. The average Bonchev–Trinajstić information content (AvgIpc) is 2.61. The number of ether oxygens (including phenoxy) is 2. The topological polar surface area (TPSA) is 69.7 Å². The lowest BCUT2D eigenvalue weighted by atomic mass is 9.97. The van der Waals surface area contributed by atoms with Crippen molar-refractivity contribution in [3.8, 4) is 0 Å². The molecule has 5 nitrogen and oxygen atoms in total. The first-order valence-corrected chi connectivity index (χ1v) is 10.2. The van der Waals surface area contributed by atoms with E-state index in [2.05, 4.69) is 11.3 Å².